The van der Waals surface area contributed by atoms with E-state index in [1.807, 2.05) is 6.07 Å². The minimum Gasteiger partial charge on any atom is -0.342 e. The first-order valence-corrected chi connectivity index (χ1v) is 5.56. The first-order valence-electron chi connectivity index (χ1n) is 4.58. The van der Waals surface area contributed by atoms with Gasteiger partial charge in [-0.3, -0.25) is 9.59 Å². The molecule has 0 aliphatic carbocycles. The lowest BCUT2D eigenvalue weighted by Crippen LogP contribution is -2.25. The van der Waals surface area contributed by atoms with Crippen molar-refractivity contribution in [2.24, 2.45) is 0 Å². The largest absolute Gasteiger partial charge is 0.342 e. The molecule has 1 amide bonds. The van der Waals surface area contributed by atoms with Gasteiger partial charge >= 0.3 is 0 Å². The lowest BCUT2D eigenvalue weighted by atomic mass is 10.2. The molecule has 0 atom stereocenters. The van der Waals surface area contributed by atoms with Crippen molar-refractivity contribution in [2.45, 2.75) is 4.90 Å². The Morgan fingerprint density at radius 1 is 1.44 bits per heavy atom. The summed E-state index contributed by atoms with van der Waals surface area (Å²) in [5, 5.41) is 10.7. The summed E-state index contributed by atoms with van der Waals surface area (Å²) in [4.78, 5) is 22.5. The van der Waals surface area contributed by atoms with Gasteiger partial charge in [-0.15, -0.1) is 11.8 Å². The summed E-state index contributed by atoms with van der Waals surface area (Å²) < 4.78 is 0. The smallest absolute Gasteiger partial charge is 0.231 e. The zero-order valence-corrected chi connectivity index (χ0v) is 9.29. The van der Waals surface area contributed by atoms with E-state index in [1.54, 1.807) is 24.3 Å². The highest BCUT2D eigenvalue weighted by Crippen LogP contribution is 2.17. The second kappa shape index (κ2) is 6.64. The fraction of sp³-hybridized carbons (Fsp3) is 0.182. The van der Waals surface area contributed by atoms with Crippen molar-refractivity contribution in [1.82, 2.24) is 5.32 Å². The molecule has 0 saturated carbocycles. The number of nitrogens with zero attached hydrogens (tertiary/aromatic N) is 1. The first kappa shape index (κ1) is 12.3. The number of thioether (sulfide) groups is 1. The fourth-order valence-electron chi connectivity index (χ4n) is 0.981. The minimum absolute atomic E-state index is 0.0312. The van der Waals surface area contributed by atoms with E-state index in [0.29, 0.717) is 5.56 Å². The minimum atomic E-state index is -0.175. The molecular weight excluding hydrogens is 224 g/mol. The molecule has 0 spiro atoms. The molecule has 82 valence electrons. The third-order valence-corrected chi connectivity index (χ3v) is 2.76. The molecule has 1 aromatic rings. The summed E-state index contributed by atoms with van der Waals surface area (Å²) >= 11 is 1.36. The van der Waals surface area contributed by atoms with Crippen LogP contribution in [0, 0.1) is 11.3 Å². The van der Waals surface area contributed by atoms with E-state index in [-0.39, 0.29) is 18.2 Å². The Hall–Kier alpha value is -1.80. The fourth-order valence-corrected chi connectivity index (χ4v) is 1.71. The van der Waals surface area contributed by atoms with Gasteiger partial charge in [-0.2, -0.15) is 5.26 Å². The van der Waals surface area contributed by atoms with E-state index in [9.17, 15) is 9.59 Å². The summed E-state index contributed by atoms with van der Waals surface area (Å²) in [5.74, 6) is 0.0910. The number of nitrogens with one attached hydrogen (secondary N) is 1. The maximum absolute atomic E-state index is 11.2. The Balaban J connectivity index is 2.39. The zero-order valence-electron chi connectivity index (χ0n) is 8.47. The van der Waals surface area contributed by atoms with Crippen LogP contribution in [-0.2, 0) is 4.79 Å². The molecule has 0 aliphatic rings. The Labute approximate surface area is 97.6 Å². The Morgan fingerprint density at radius 2 is 2.12 bits per heavy atom. The number of hydrogen-bond acceptors (Lipinski definition) is 4. The van der Waals surface area contributed by atoms with Crippen molar-refractivity contribution in [3.8, 4) is 6.07 Å². The quantitative estimate of drug-likeness (QED) is 0.472. The van der Waals surface area contributed by atoms with Gasteiger partial charge in [0.1, 0.15) is 12.8 Å². The predicted octanol–water partition coefficient (Wildman–Crippen LogP) is 1.23. The van der Waals surface area contributed by atoms with Crippen molar-refractivity contribution >= 4 is 24.0 Å². The van der Waals surface area contributed by atoms with Gasteiger partial charge in [0.25, 0.3) is 0 Å². The molecule has 1 aromatic carbocycles. The number of amides is 1. The summed E-state index contributed by atoms with van der Waals surface area (Å²) in [5.41, 5.74) is 0.610. The molecule has 4 nitrogen and oxygen atoms in total. The molecule has 0 fully saturated rings. The van der Waals surface area contributed by atoms with Crippen molar-refractivity contribution in [1.29, 1.82) is 5.26 Å². The molecule has 1 rings (SSSR count). The second-order valence-electron chi connectivity index (χ2n) is 2.91. The van der Waals surface area contributed by atoms with Gasteiger partial charge in [0.05, 0.1) is 11.8 Å². The number of rotatable bonds is 5. The number of benzene rings is 1. The molecule has 0 heterocycles. The molecular formula is C11H10N2O2S. The van der Waals surface area contributed by atoms with Gasteiger partial charge in [-0.25, -0.2) is 0 Å². The van der Waals surface area contributed by atoms with Gasteiger partial charge in [0.15, 0.2) is 0 Å². The lowest BCUT2D eigenvalue weighted by molar-refractivity contribution is -0.118. The normalized spacial score (nSPS) is 9.19. The molecule has 16 heavy (non-hydrogen) atoms. The van der Waals surface area contributed by atoms with Crippen LogP contribution in [0.3, 0.4) is 0 Å². The van der Waals surface area contributed by atoms with E-state index in [0.717, 1.165) is 11.2 Å². The van der Waals surface area contributed by atoms with Crippen LogP contribution in [0.25, 0.3) is 0 Å². The number of carbonyl (C=O) groups is 2. The van der Waals surface area contributed by atoms with E-state index < -0.39 is 0 Å². The van der Waals surface area contributed by atoms with Gasteiger partial charge in [0.2, 0.25) is 5.91 Å². The van der Waals surface area contributed by atoms with Crippen molar-refractivity contribution in [2.75, 3.05) is 12.3 Å². The molecule has 0 aliphatic heterocycles. The van der Waals surface area contributed by atoms with Gasteiger partial charge < -0.3 is 5.32 Å². The number of nitriles is 1. The van der Waals surface area contributed by atoms with E-state index in [4.69, 9.17) is 5.26 Å². The third kappa shape index (κ3) is 4.15. The van der Waals surface area contributed by atoms with Crippen LogP contribution in [0.4, 0.5) is 0 Å². The lowest BCUT2D eigenvalue weighted by Gasteiger charge is -2.01. The van der Waals surface area contributed by atoms with Crippen LogP contribution < -0.4 is 5.32 Å². The monoisotopic (exact) mass is 234 g/mol. The zero-order chi connectivity index (χ0) is 11.8. The summed E-state index contributed by atoms with van der Waals surface area (Å²) in [6.45, 7) is 0.0312. The van der Waals surface area contributed by atoms with Crippen LogP contribution in [0.5, 0.6) is 0 Å². The van der Waals surface area contributed by atoms with Crippen LogP contribution >= 0.6 is 11.8 Å². The molecule has 5 heteroatoms. The maximum Gasteiger partial charge on any atom is 0.231 e. The van der Waals surface area contributed by atoms with Crippen molar-refractivity contribution in [3.63, 3.8) is 0 Å². The third-order valence-electron chi connectivity index (χ3n) is 1.75. The molecule has 0 saturated heterocycles. The number of carbonyl (C=O) groups excluding carboxylic acids is 2. The van der Waals surface area contributed by atoms with Gasteiger partial charge in [-0.05, 0) is 12.1 Å². The Bertz CT molecular complexity index is 409. The SMILES string of the molecule is N#CCNC(=O)CSc1ccc(C=O)cc1. The number of aldehydes is 1. The van der Waals surface area contributed by atoms with Gasteiger partial charge in [0, 0.05) is 10.5 Å². The Kier molecular flexibility index (Phi) is 5.09. The first-order chi connectivity index (χ1) is 7.76. The molecule has 0 bridgehead atoms. The summed E-state index contributed by atoms with van der Waals surface area (Å²) in [7, 11) is 0. The van der Waals surface area contributed by atoms with Crippen molar-refractivity contribution < 1.29 is 9.59 Å². The highest BCUT2D eigenvalue weighted by molar-refractivity contribution is 8.00. The van der Waals surface area contributed by atoms with E-state index in [2.05, 4.69) is 5.32 Å². The highest BCUT2D eigenvalue weighted by atomic mass is 32.2. The molecule has 1 N–H and O–H groups in total. The summed E-state index contributed by atoms with van der Waals surface area (Å²) in [6, 6.07) is 8.79. The Morgan fingerprint density at radius 3 is 2.69 bits per heavy atom. The topological polar surface area (TPSA) is 70.0 Å². The summed E-state index contributed by atoms with van der Waals surface area (Å²) in [6.07, 6.45) is 0.772. The average Bonchev–Trinajstić information content (AvgIpc) is 2.34. The standard InChI is InChI=1S/C11H10N2O2S/c12-5-6-13-11(15)8-16-10-3-1-9(7-14)2-4-10/h1-4,7H,6,8H2,(H,13,15). The van der Waals surface area contributed by atoms with Gasteiger partial charge in [-0.1, -0.05) is 12.1 Å². The average molecular weight is 234 g/mol. The highest BCUT2D eigenvalue weighted by Gasteiger charge is 2.01. The van der Waals surface area contributed by atoms with E-state index >= 15 is 0 Å². The van der Waals surface area contributed by atoms with Crippen molar-refractivity contribution in [3.05, 3.63) is 29.8 Å². The van der Waals surface area contributed by atoms with Crippen LogP contribution in [-0.4, -0.2) is 24.5 Å². The molecule has 0 radical (unpaired) electrons. The van der Waals surface area contributed by atoms with Crippen LogP contribution in [0.1, 0.15) is 10.4 Å². The van der Waals surface area contributed by atoms with E-state index in [1.165, 1.54) is 11.8 Å². The van der Waals surface area contributed by atoms with Crippen LogP contribution in [0.15, 0.2) is 29.2 Å². The molecule has 0 unspecified atom stereocenters. The predicted molar refractivity (Wildman–Crippen MR) is 61.2 cm³/mol. The molecule has 0 aromatic heterocycles. The maximum atomic E-state index is 11.2. The number of hydrogen-bond donors (Lipinski definition) is 1. The van der Waals surface area contributed by atoms with Crippen LogP contribution in [0.2, 0.25) is 0 Å². The second-order valence-corrected chi connectivity index (χ2v) is 3.96.